The van der Waals surface area contributed by atoms with Crippen LogP contribution in [0.1, 0.15) is 88.0 Å². The first-order valence-electron chi connectivity index (χ1n) is 8.64. The summed E-state index contributed by atoms with van der Waals surface area (Å²) in [6, 6.07) is 0. The first-order valence-corrected chi connectivity index (χ1v) is 8.64. The van der Waals surface area contributed by atoms with Gasteiger partial charge < -0.3 is 0 Å². The fraction of sp³-hybridized carbons (Fsp3) is 1.00. The summed E-state index contributed by atoms with van der Waals surface area (Å²) in [7, 11) is 0. The molecule has 0 spiro atoms. The third-order valence-electron chi connectivity index (χ3n) is 5.12. The van der Waals surface area contributed by atoms with Gasteiger partial charge in [0.15, 0.2) is 0 Å². The molecule has 0 aromatic heterocycles. The van der Waals surface area contributed by atoms with Crippen molar-refractivity contribution >= 4 is 0 Å². The van der Waals surface area contributed by atoms with Gasteiger partial charge >= 0.3 is 0 Å². The molecule has 0 aliphatic rings. The van der Waals surface area contributed by atoms with Crippen LogP contribution < -0.4 is 0 Å². The summed E-state index contributed by atoms with van der Waals surface area (Å²) in [6.45, 7) is 21.7. The molecule has 19 heavy (non-hydrogen) atoms. The van der Waals surface area contributed by atoms with Gasteiger partial charge in [-0.2, -0.15) is 0 Å². The van der Waals surface area contributed by atoms with Gasteiger partial charge in [0, 0.05) is 0 Å². The predicted octanol–water partition coefficient (Wildman–Crippen LogP) is 6.79. The Hall–Kier alpha value is 0. The Balaban J connectivity index is 4.78. The van der Waals surface area contributed by atoms with Gasteiger partial charge in [-0.15, -0.1) is 0 Å². The van der Waals surface area contributed by atoms with Gasteiger partial charge in [-0.3, -0.25) is 0 Å². The maximum absolute atomic E-state index is 2.50. The molecule has 0 fully saturated rings. The fourth-order valence-electron chi connectivity index (χ4n) is 3.78. The zero-order valence-electron chi connectivity index (χ0n) is 15.2. The summed E-state index contributed by atoms with van der Waals surface area (Å²) < 4.78 is 0. The quantitative estimate of drug-likeness (QED) is 0.454. The van der Waals surface area contributed by atoms with E-state index < -0.39 is 0 Å². The van der Waals surface area contributed by atoms with Crippen molar-refractivity contribution in [2.24, 2.45) is 35.0 Å². The van der Waals surface area contributed by atoms with Gasteiger partial charge in [0.2, 0.25) is 0 Å². The first-order chi connectivity index (χ1) is 8.64. The molecule has 0 rings (SSSR count). The van der Waals surface area contributed by atoms with Crippen LogP contribution in [-0.4, -0.2) is 0 Å². The van der Waals surface area contributed by atoms with Crippen molar-refractivity contribution in [1.29, 1.82) is 0 Å². The van der Waals surface area contributed by atoms with Crippen LogP contribution in [0.5, 0.6) is 0 Å². The summed E-state index contributed by atoms with van der Waals surface area (Å²) in [5, 5.41) is 0. The molecule has 4 unspecified atom stereocenters. The molecule has 4 atom stereocenters. The molecule has 0 aromatic carbocycles. The van der Waals surface area contributed by atoms with Crippen molar-refractivity contribution in [3.63, 3.8) is 0 Å². The second-order valence-electron chi connectivity index (χ2n) is 8.36. The van der Waals surface area contributed by atoms with Crippen molar-refractivity contribution in [2.75, 3.05) is 0 Å². The monoisotopic (exact) mass is 268 g/mol. The Labute approximate surface area is 123 Å². The molecule has 0 amide bonds. The minimum absolute atomic E-state index is 0.480. The highest BCUT2D eigenvalue weighted by Gasteiger charge is 2.31. The largest absolute Gasteiger partial charge is 0.0651 e. The second-order valence-corrected chi connectivity index (χ2v) is 8.36. The Morgan fingerprint density at radius 3 is 1.63 bits per heavy atom. The molecule has 0 aliphatic heterocycles. The molecule has 0 aliphatic carbocycles. The van der Waals surface area contributed by atoms with E-state index in [1.807, 2.05) is 0 Å². The Morgan fingerprint density at radius 1 is 0.789 bits per heavy atom. The zero-order valence-corrected chi connectivity index (χ0v) is 15.2. The maximum Gasteiger partial charge on any atom is -0.0334 e. The lowest BCUT2D eigenvalue weighted by atomic mass is 9.67. The smallest absolute Gasteiger partial charge is 0.0334 e. The van der Waals surface area contributed by atoms with Crippen LogP contribution in [0.25, 0.3) is 0 Å². The van der Waals surface area contributed by atoms with E-state index in [1.165, 1.54) is 25.7 Å². The van der Waals surface area contributed by atoms with E-state index in [1.54, 1.807) is 0 Å². The van der Waals surface area contributed by atoms with Gasteiger partial charge in [-0.25, -0.2) is 0 Å². The third kappa shape index (κ3) is 6.82. The Bertz CT molecular complexity index is 221. The summed E-state index contributed by atoms with van der Waals surface area (Å²) in [6.07, 6.45) is 5.42. The highest BCUT2D eigenvalue weighted by atomic mass is 14.4. The number of rotatable bonds is 8. The molecule has 0 saturated heterocycles. The molecular weight excluding hydrogens is 228 g/mol. The van der Waals surface area contributed by atoms with Crippen molar-refractivity contribution in [3.8, 4) is 0 Å². The molecule has 116 valence electrons. The summed E-state index contributed by atoms with van der Waals surface area (Å²) in [4.78, 5) is 0. The van der Waals surface area contributed by atoms with Crippen LogP contribution in [0.4, 0.5) is 0 Å². The lowest BCUT2D eigenvalue weighted by Crippen LogP contribution is -2.31. The lowest BCUT2D eigenvalue weighted by molar-refractivity contribution is 0.108. The number of hydrogen-bond donors (Lipinski definition) is 0. The molecule has 0 saturated carbocycles. The van der Waals surface area contributed by atoms with Crippen molar-refractivity contribution in [1.82, 2.24) is 0 Å². The second kappa shape index (κ2) is 8.32. The van der Waals surface area contributed by atoms with E-state index in [0.29, 0.717) is 5.41 Å². The molecule has 0 aromatic rings. The van der Waals surface area contributed by atoms with E-state index in [-0.39, 0.29) is 0 Å². The summed E-state index contributed by atoms with van der Waals surface area (Å²) in [5.74, 6) is 4.34. The van der Waals surface area contributed by atoms with Crippen molar-refractivity contribution in [2.45, 2.75) is 88.0 Å². The van der Waals surface area contributed by atoms with Gasteiger partial charge in [0.1, 0.15) is 0 Å². The molecule has 0 N–H and O–H groups in total. The maximum atomic E-state index is 2.50. The fourth-order valence-corrected chi connectivity index (χ4v) is 3.78. The minimum atomic E-state index is 0.480. The van der Waals surface area contributed by atoms with Crippen LogP contribution >= 0.6 is 0 Å². The van der Waals surface area contributed by atoms with Crippen molar-refractivity contribution < 1.29 is 0 Å². The summed E-state index contributed by atoms with van der Waals surface area (Å²) >= 11 is 0. The first kappa shape index (κ1) is 19.0. The standard InChI is InChI=1S/C19H40/c1-10-15(5)17(11-2)18(14(3)4)16(6)12-13-19(7,8)9/h14-18H,10-13H2,1-9H3. The SMILES string of the molecule is CCC(C)C(CC)C(C(C)C)C(C)CCC(C)(C)C. The van der Waals surface area contributed by atoms with Gasteiger partial charge in [0.25, 0.3) is 0 Å². The van der Waals surface area contributed by atoms with E-state index >= 15 is 0 Å². The Kier molecular flexibility index (Phi) is 8.32. The highest BCUT2D eigenvalue weighted by Crippen LogP contribution is 2.39. The topological polar surface area (TPSA) is 0 Å². The molecule has 0 radical (unpaired) electrons. The Morgan fingerprint density at radius 2 is 1.32 bits per heavy atom. The molecule has 0 heteroatoms. The lowest BCUT2D eigenvalue weighted by Gasteiger charge is -2.38. The normalized spacial score (nSPS) is 19.3. The van der Waals surface area contributed by atoms with Crippen LogP contribution in [0, 0.1) is 35.0 Å². The van der Waals surface area contributed by atoms with Crippen LogP contribution in [0.15, 0.2) is 0 Å². The number of hydrogen-bond acceptors (Lipinski definition) is 0. The van der Waals surface area contributed by atoms with Gasteiger partial charge in [-0.05, 0) is 47.8 Å². The van der Waals surface area contributed by atoms with E-state index in [9.17, 15) is 0 Å². The van der Waals surface area contributed by atoms with Crippen LogP contribution in [0.3, 0.4) is 0 Å². The highest BCUT2D eigenvalue weighted by molar-refractivity contribution is 4.81. The average Bonchev–Trinajstić information content (AvgIpc) is 2.30. The molecule has 0 heterocycles. The zero-order chi connectivity index (χ0) is 15.2. The predicted molar refractivity (Wildman–Crippen MR) is 89.4 cm³/mol. The summed E-state index contributed by atoms with van der Waals surface area (Å²) in [5.41, 5.74) is 0.480. The van der Waals surface area contributed by atoms with E-state index in [0.717, 1.165) is 29.6 Å². The van der Waals surface area contributed by atoms with E-state index in [4.69, 9.17) is 0 Å². The van der Waals surface area contributed by atoms with Crippen LogP contribution in [0.2, 0.25) is 0 Å². The average molecular weight is 269 g/mol. The molecule has 0 nitrogen and oxygen atoms in total. The van der Waals surface area contributed by atoms with Crippen molar-refractivity contribution in [3.05, 3.63) is 0 Å². The minimum Gasteiger partial charge on any atom is -0.0651 e. The molecule has 0 bridgehead atoms. The van der Waals surface area contributed by atoms with E-state index in [2.05, 4.69) is 62.3 Å². The van der Waals surface area contributed by atoms with Crippen LogP contribution in [-0.2, 0) is 0 Å². The van der Waals surface area contributed by atoms with Gasteiger partial charge in [-0.1, -0.05) is 75.2 Å². The molecular formula is C19H40. The van der Waals surface area contributed by atoms with Gasteiger partial charge in [0.05, 0.1) is 0 Å². The third-order valence-corrected chi connectivity index (χ3v) is 5.12.